The zero-order valence-electron chi connectivity index (χ0n) is 11.9. The summed E-state index contributed by atoms with van der Waals surface area (Å²) in [4.78, 5) is 11.4. The number of hydrogen-bond acceptors (Lipinski definition) is 6. The quantitative estimate of drug-likeness (QED) is 0.384. The molecule has 1 heterocycles. The van der Waals surface area contributed by atoms with Gasteiger partial charge in [0.05, 0.1) is 6.61 Å². The van der Waals surface area contributed by atoms with Crippen LogP contribution < -0.4 is 5.32 Å². The first-order valence-electron chi connectivity index (χ1n) is 6.28. The standard InChI is InChI=1S/C11H23NO6Si/c1-9(10-8-17-10)18-11(13)12-6-5-7-19(14-2,15-3)16-4/h9-10H,5-8H2,1-4H3,(H,12,13). The minimum absolute atomic E-state index is 0.0567. The average Bonchev–Trinajstić information content (AvgIpc) is 3.24. The first-order valence-corrected chi connectivity index (χ1v) is 8.21. The highest BCUT2D eigenvalue weighted by Crippen LogP contribution is 2.16. The monoisotopic (exact) mass is 293 g/mol. The molecule has 0 radical (unpaired) electrons. The van der Waals surface area contributed by atoms with Crippen LogP contribution in [0.3, 0.4) is 0 Å². The summed E-state index contributed by atoms with van der Waals surface area (Å²) in [7, 11) is 2.16. The van der Waals surface area contributed by atoms with Crippen molar-refractivity contribution in [3.8, 4) is 0 Å². The Balaban J connectivity index is 2.13. The maximum atomic E-state index is 11.4. The van der Waals surface area contributed by atoms with Crippen LogP contribution in [0.4, 0.5) is 4.79 Å². The molecule has 0 aromatic carbocycles. The SMILES string of the molecule is CO[Si](CCCNC(=O)OC(C)C1CO1)(OC)OC. The Bertz CT molecular complexity index is 274. The minimum Gasteiger partial charge on any atom is -0.444 e. The zero-order chi connectivity index (χ0) is 14.3. The highest BCUT2D eigenvalue weighted by Gasteiger charge is 2.37. The Hall–Kier alpha value is -0.673. The molecule has 0 bridgehead atoms. The molecule has 2 atom stereocenters. The van der Waals surface area contributed by atoms with Crippen molar-refractivity contribution in [2.75, 3.05) is 34.5 Å². The van der Waals surface area contributed by atoms with E-state index in [0.717, 1.165) is 0 Å². The first-order chi connectivity index (χ1) is 9.06. The van der Waals surface area contributed by atoms with Crippen LogP contribution in [0, 0.1) is 0 Å². The molecular weight excluding hydrogens is 270 g/mol. The van der Waals surface area contributed by atoms with E-state index in [-0.39, 0.29) is 12.2 Å². The van der Waals surface area contributed by atoms with Gasteiger partial charge in [-0.2, -0.15) is 0 Å². The third-order valence-corrected chi connectivity index (χ3v) is 5.87. The molecule has 0 saturated carbocycles. The second-order valence-electron chi connectivity index (χ2n) is 4.31. The van der Waals surface area contributed by atoms with Crippen LogP contribution in [0.25, 0.3) is 0 Å². The van der Waals surface area contributed by atoms with E-state index in [1.54, 1.807) is 21.3 Å². The molecule has 7 nitrogen and oxygen atoms in total. The van der Waals surface area contributed by atoms with Crippen LogP contribution >= 0.6 is 0 Å². The van der Waals surface area contributed by atoms with E-state index in [4.69, 9.17) is 22.8 Å². The molecule has 1 aliphatic rings. The molecule has 0 aliphatic carbocycles. The first kappa shape index (κ1) is 16.4. The van der Waals surface area contributed by atoms with Crippen LogP contribution in [0.2, 0.25) is 6.04 Å². The van der Waals surface area contributed by atoms with Crippen molar-refractivity contribution in [3.05, 3.63) is 0 Å². The molecule has 0 spiro atoms. The summed E-state index contributed by atoms with van der Waals surface area (Å²) in [6.45, 7) is 2.97. The Kier molecular flexibility index (Phi) is 6.73. The largest absolute Gasteiger partial charge is 0.500 e. The summed E-state index contributed by atoms with van der Waals surface area (Å²) in [5.41, 5.74) is 0. The van der Waals surface area contributed by atoms with Gasteiger partial charge in [0.25, 0.3) is 0 Å². The van der Waals surface area contributed by atoms with E-state index < -0.39 is 14.9 Å². The van der Waals surface area contributed by atoms with E-state index >= 15 is 0 Å². The molecule has 0 aromatic heterocycles. The number of epoxide rings is 1. The second kappa shape index (κ2) is 7.80. The molecule has 1 N–H and O–H groups in total. The molecule has 0 aromatic rings. The Morgan fingerprint density at radius 2 is 1.95 bits per heavy atom. The summed E-state index contributed by atoms with van der Waals surface area (Å²) < 4.78 is 26.0. The number of carbonyl (C=O) groups is 1. The Labute approximate surface area is 114 Å². The van der Waals surface area contributed by atoms with Crippen molar-refractivity contribution < 1.29 is 27.5 Å². The minimum atomic E-state index is -2.54. The number of hydrogen-bond donors (Lipinski definition) is 1. The molecule has 1 fully saturated rings. The van der Waals surface area contributed by atoms with Gasteiger partial charge in [-0.15, -0.1) is 0 Å². The Morgan fingerprint density at radius 3 is 2.42 bits per heavy atom. The van der Waals surface area contributed by atoms with Gasteiger partial charge in [0.1, 0.15) is 12.2 Å². The number of carbonyl (C=O) groups excluding carboxylic acids is 1. The normalized spacial score (nSPS) is 19.9. The van der Waals surface area contributed by atoms with Gasteiger partial charge in [-0.05, 0) is 13.3 Å². The van der Waals surface area contributed by atoms with Crippen LogP contribution in [0.1, 0.15) is 13.3 Å². The second-order valence-corrected chi connectivity index (χ2v) is 7.40. The number of alkyl carbamates (subject to hydrolysis) is 1. The van der Waals surface area contributed by atoms with Crippen molar-refractivity contribution >= 4 is 14.9 Å². The molecule has 1 saturated heterocycles. The van der Waals surface area contributed by atoms with Crippen molar-refractivity contribution in [3.63, 3.8) is 0 Å². The average molecular weight is 293 g/mol. The number of rotatable bonds is 9. The fourth-order valence-electron chi connectivity index (χ4n) is 1.66. The summed E-state index contributed by atoms with van der Waals surface area (Å²) >= 11 is 0. The van der Waals surface area contributed by atoms with Gasteiger partial charge >= 0.3 is 14.9 Å². The molecule has 1 rings (SSSR count). The fourth-order valence-corrected chi connectivity index (χ4v) is 3.39. The van der Waals surface area contributed by atoms with Crippen LogP contribution in [0.5, 0.6) is 0 Å². The van der Waals surface area contributed by atoms with Crippen molar-refractivity contribution in [1.29, 1.82) is 0 Å². The zero-order valence-corrected chi connectivity index (χ0v) is 12.9. The lowest BCUT2D eigenvalue weighted by molar-refractivity contribution is 0.0889. The summed E-state index contributed by atoms with van der Waals surface area (Å²) in [5, 5.41) is 2.68. The molecule has 1 amide bonds. The fraction of sp³-hybridized carbons (Fsp3) is 0.909. The Morgan fingerprint density at radius 1 is 1.37 bits per heavy atom. The van der Waals surface area contributed by atoms with E-state index in [0.29, 0.717) is 25.6 Å². The van der Waals surface area contributed by atoms with E-state index in [9.17, 15) is 4.79 Å². The predicted molar refractivity (Wildman–Crippen MR) is 69.9 cm³/mol. The molecule has 8 heteroatoms. The highest BCUT2D eigenvalue weighted by atomic mass is 28.4. The highest BCUT2D eigenvalue weighted by molar-refractivity contribution is 6.60. The molecule has 1 aliphatic heterocycles. The summed E-state index contributed by atoms with van der Waals surface area (Å²) in [6.07, 6.45) is 0.125. The molecule has 112 valence electrons. The molecular formula is C11H23NO6Si. The predicted octanol–water partition coefficient (Wildman–Crippen LogP) is 0.768. The maximum absolute atomic E-state index is 11.4. The maximum Gasteiger partial charge on any atom is 0.500 e. The lowest BCUT2D eigenvalue weighted by Crippen LogP contribution is -2.43. The lowest BCUT2D eigenvalue weighted by Gasteiger charge is -2.24. The van der Waals surface area contributed by atoms with Gasteiger partial charge in [0, 0.05) is 33.9 Å². The third-order valence-electron chi connectivity index (χ3n) is 3.04. The van der Waals surface area contributed by atoms with Crippen molar-refractivity contribution in [2.24, 2.45) is 0 Å². The van der Waals surface area contributed by atoms with Crippen LogP contribution in [-0.2, 0) is 22.8 Å². The number of amides is 1. The molecule has 2 unspecified atom stereocenters. The van der Waals surface area contributed by atoms with Gasteiger partial charge in [-0.25, -0.2) is 4.79 Å². The van der Waals surface area contributed by atoms with Gasteiger partial charge in [-0.3, -0.25) is 0 Å². The number of nitrogens with one attached hydrogen (secondary N) is 1. The van der Waals surface area contributed by atoms with E-state index in [1.807, 2.05) is 6.92 Å². The van der Waals surface area contributed by atoms with Crippen LogP contribution in [0.15, 0.2) is 0 Å². The van der Waals surface area contributed by atoms with E-state index in [2.05, 4.69) is 5.32 Å². The molecule has 19 heavy (non-hydrogen) atoms. The lowest BCUT2D eigenvalue weighted by atomic mass is 10.3. The van der Waals surface area contributed by atoms with Gasteiger partial charge in [-0.1, -0.05) is 0 Å². The van der Waals surface area contributed by atoms with E-state index in [1.165, 1.54) is 0 Å². The van der Waals surface area contributed by atoms with Gasteiger partial charge < -0.3 is 28.1 Å². The topological polar surface area (TPSA) is 78.6 Å². The third kappa shape index (κ3) is 5.45. The summed E-state index contributed by atoms with van der Waals surface area (Å²) in [5.74, 6) is 0. The van der Waals surface area contributed by atoms with Gasteiger partial charge in [0.2, 0.25) is 0 Å². The van der Waals surface area contributed by atoms with Crippen LogP contribution in [-0.4, -0.2) is 61.6 Å². The summed E-state index contributed by atoms with van der Waals surface area (Å²) in [6, 6.07) is 0.637. The van der Waals surface area contributed by atoms with Crippen molar-refractivity contribution in [2.45, 2.75) is 31.6 Å². The van der Waals surface area contributed by atoms with Gasteiger partial charge in [0.15, 0.2) is 0 Å². The number of ether oxygens (including phenoxy) is 2. The smallest absolute Gasteiger partial charge is 0.444 e. The van der Waals surface area contributed by atoms with Crippen molar-refractivity contribution in [1.82, 2.24) is 5.32 Å².